The van der Waals surface area contributed by atoms with Crippen molar-refractivity contribution in [1.29, 1.82) is 0 Å². The summed E-state index contributed by atoms with van der Waals surface area (Å²) in [6.45, 7) is 3.03. The molecule has 7 nitrogen and oxygen atoms in total. The van der Waals surface area contributed by atoms with E-state index in [4.69, 9.17) is 5.11 Å². The molecule has 1 aromatic heterocycles. The van der Waals surface area contributed by atoms with Gasteiger partial charge in [0.2, 0.25) is 0 Å². The van der Waals surface area contributed by atoms with Crippen molar-refractivity contribution in [2.24, 2.45) is 13.0 Å². The molecule has 0 bridgehead atoms. The van der Waals surface area contributed by atoms with E-state index >= 15 is 0 Å². The minimum Gasteiger partial charge on any atom is -0.481 e. The molecular weight excluding hydrogens is 258 g/mol. The first kappa shape index (κ1) is 14.7. The molecule has 1 N–H and O–H groups in total. The molecule has 8 heteroatoms. The average Bonchev–Trinajstić information content (AvgIpc) is 2.58. The summed E-state index contributed by atoms with van der Waals surface area (Å²) in [6.07, 6.45) is 1.46. The molecule has 18 heavy (non-hydrogen) atoms. The summed E-state index contributed by atoms with van der Waals surface area (Å²) >= 11 is 0. The second kappa shape index (κ2) is 5.07. The van der Waals surface area contributed by atoms with Gasteiger partial charge in [0.1, 0.15) is 0 Å². The number of nitrogens with zero attached hydrogens (tertiary/aromatic N) is 3. The molecule has 1 unspecified atom stereocenters. The standard InChI is InChI=1S/C10H17N3O4S/c1-7-5-11-13(4)9(7)18(16,17)12(3)6-8(2)10(14)15/h5,8H,6H2,1-4H3,(H,14,15). The second-order valence-electron chi connectivity index (χ2n) is 4.28. The van der Waals surface area contributed by atoms with Crippen LogP contribution in [0, 0.1) is 12.8 Å². The van der Waals surface area contributed by atoms with Gasteiger partial charge in [0.25, 0.3) is 10.0 Å². The van der Waals surface area contributed by atoms with Crippen molar-refractivity contribution in [1.82, 2.24) is 14.1 Å². The first-order valence-electron chi connectivity index (χ1n) is 5.35. The number of sulfonamides is 1. The van der Waals surface area contributed by atoms with Crippen LogP contribution in [0.15, 0.2) is 11.2 Å². The summed E-state index contributed by atoms with van der Waals surface area (Å²) in [6, 6.07) is 0. The van der Waals surface area contributed by atoms with E-state index in [2.05, 4.69) is 5.10 Å². The Hall–Kier alpha value is -1.41. The molecule has 1 heterocycles. The maximum absolute atomic E-state index is 12.3. The molecule has 0 amide bonds. The number of carboxylic acids is 1. The molecule has 0 aliphatic heterocycles. The van der Waals surface area contributed by atoms with Gasteiger partial charge in [-0.25, -0.2) is 8.42 Å². The summed E-state index contributed by atoms with van der Waals surface area (Å²) in [5.74, 6) is -1.79. The fourth-order valence-corrected chi connectivity index (χ4v) is 3.17. The van der Waals surface area contributed by atoms with Crippen LogP contribution in [0.4, 0.5) is 0 Å². The Kier molecular flexibility index (Phi) is 4.12. The van der Waals surface area contributed by atoms with Crippen molar-refractivity contribution >= 4 is 16.0 Å². The Morgan fingerprint density at radius 3 is 2.56 bits per heavy atom. The summed E-state index contributed by atoms with van der Waals surface area (Å²) in [4.78, 5) is 10.7. The van der Waals surface area contributed by atoms with Gasteiger partial charge in [-0.1, -0.05) is 6.92 Å². The number of carbonyl (C=O) groups is 1. The van der Waals surface area contributed by atoms with Crippen LogP contribution in [-0.2, 0) is 21.9 Å². The molecule has 0 spiro atoms. The lowest BCUT2D eigenvalue weighted by Gasteiger charge is -2.19. The van der Waals surface area contributed by atoms with E-state index in [9.17, 15) is 13.2 Å². The van der Waals surface area contributed by atoms with E-state index in [0.29, 0.717) is 5.56 Å². The zero-order chi connectivity index (χ0) is 14.1. The first-order valence-corrected chi connectivity index (χ1v) is 6.79. The zero-order valence-corrected chi connectivity index (χ0v) is 11.6. The molecule has 0 saturated heterocycles. The topological polar surface area (TPSA) is 92.5 Å². The normalized spacial score (nSPS) is 13.8. The van der Waals surface area contributed by atoms with Crippen LogP contribution in [0.5, 0.6) is 0 Å². The summed E-state index contributed by atoms with van der Waals surface area (Å²) in [5, 5.41) is 12.8. The minimum absolute atomic E-state index is 0.0811. The van der Waals surface area contributed by atoms with Crippen molar-refractivity contribution in [2.75, 3.05) is 13.6 Å². The Morgan fingerprint density at radius 2 is 2.17 bits per heavy atom. The van der Waals surface area contributed by atoms with Crippen LogP contribution in [0.3, 0.4) is 0 Å². The zero-order valence-electron chi connectivity index (χ0n) is 10.8. The third kappa shape index (κ3) is 2.70. The van der Waals surface area contributed by atoms with Crippen LogP contribution in [0.1, 0.15) is 12.5 Å². The van der Waals surface area contributed by atoms with Crippen LogP contribution >= 0.6 is 0 Å². The van der Waals surface area contributed by atoms with Crippen LogP contribution < -0.4 is 0 Å². The highest BCUT2D eigenvalue weighted by Crippen LogP contribution is 2.18. The number of aromatic nitrogens is 2. The highest BCUT2D eigenvalue weighted by Gasteiger charge is 2.28. The Balaban J connectivity index is 3.05. The third-order valence-electron chi connectivity index (χ3n) is 2.66. The van der Waals surface area contributed by atoms with Gasteiger partial charge in [0.15, 0.2) is 5.03 Å². The van der Waals surface area contributed by atoms with Gasteiger partial charge in [-0.05, 0) is 6.92 Å². The third-order valence-corrected chi connectivity index (χ3v) is 4.71. The Morgan fingerprint density at radius 1 is 1.61 bits per heavy atom. The molecule has 0 aliphatic carbocycles. The quantitative estimate of drug-likeness (QED) is 0.821. The SMILES string of the molecule is Cc1cnn(C)c1S(=O)(=O)N(C)CC(C)C(=O)O. The number of hydrogen-bond acceptors (Lipinski definition) is 4. The van der Waals surface area contributed by atoms with Crippen molar-refractivity contribution in [3.63, 3.8) is 0 Å². The van der Waals surface area contributed by atoms with Gasteiger partial charge in [0.05, 0.1) is 12.1 Å². The van der Waals surface area contributed by atoms with Gasteiger partial charge < -0.3 is 5.11 Å². The van der Waals surface area contributed by atoms with Crippen molar-refractivity contribution in [2.45, 2.75) is 18.9 Å². The highest BCUT2D eigenvalue weighted by molar-refractivity contribution is 7.89. The van der Waals surface area contributed by atoms with Gasteiger partial charge in [-0.3, -0.25) is 9.48 Å². The lowest BCUT2D eigenvalue weighted by atomic mass is 10.2. The number of aliphatic carboxylic acids is 1. The van der Waals surface area contributed by atoms with Gasteiger partial charge >= 0.3 is 5.97 Å². The van der Waals surface area contributed by atoms with E-state index in [-0.39, 0.29) is 11.6 Å². The Labute approximate surface area is 106 Å². The second-order valence-corrected chi connectivity index (χ2v) is 6.24. The largest absolute Gasteiger partial charge is 0.481 e. The fourth-order valence-electron chi connectivity index (χ4n) is 1.62. The lowest BCUT2D eigenvalue weighted by molar-refractivity contribution is -0.141. The van der Waals surface area contributed by atoms with Crippen LogP contribution in [-0.4, -0.2) is 47.2 Å². The van der Waals surface area contributed by atoms with E-state index in [1.807, 2.05) is 0 Å². The highest BCUT2D eigenvalue weighted by atomic mass is 32.2. The molecule has 0 aliphatic rings. The molecule has 1 aromatic rings. The van der Waals surface area contributed by atoms with Crippen molar-refractivity contribution in [3.8, 4) is 0 Å². The fraction of sp³-hybridized carbons (Fsp3) is 0.600. The number of hydrogen-bond donors (Lipinski definition) is 1. The van der Waals surface area contributed by atoms with E-state index in [1.165, 1.54) is 31.9 Å². The number of carboxylic acid groups (broad SMARTS) is 1. The first-order chi connectivity index (χ1) is 8.17. The van der Waals surface area contributed by atoms with Gasteiger partial charge in [0, 0.05) is 26.2 Å². The molecule has 0 saturated carbocycles. The van der Waals surface area contributed by atoms with Gasteiger partial charge in [-0.2, -0.15) is 9.40 Å². The summed E-state index contributed by atoms with van der Waals surface area (Å²) < 4.78 is 26.8. The molecule has 1 atom stereocenters. The monoisotopic (exact) mass is 275 g/mol. The predicted octanol–water partition coefficient (Wildman–Crippen LogP) is 0.0697. The van der Waals surface area contributed by atoms with Crippen molar-refractivity contribution < 1.29 is 18.3 Å². The smallest absolute Gasteiger partial charge is 0.307 e. The molecular formula is C10H17N3O4S. The van der Waals surface area contributed by atoms with E-state index < -0.39 is 21.9 Å². The van der Waals surface area contributed by atoms with Crippen molar-refractivity contribution in [3.05, 3.63) is 11.8 Å². The van der Waals surface area contributed by atoms with E-state index in [1.54, 1.807) is 6.92 Å². The number of rotatable bonds is 5. The molecule has 102 valence electrons. The van der Waals surface area contributed by atoms with Crippen LogP contribution in [0.2, 0.25) is 0 Å². The predicted molar refractivity (Wildman–Crippen MR) is 64.6 cm³/mol. The van der Waals surface area contributed by atoms with Crippen LogP contribution in [0.25, 0.3) is 0 Å². The van der Waals surface area contributed by atoms with E-state index in [0.717, 1.165) is 4.31 Å². The summed E-state index contributed by atoms with van der Waals surface area (Å²) in [7, 11) is -0.817. The van der Waals surface area contributed by atoms with Gasteiger partial charge in [-0.15, -0.1) is 0 Å². The Bertz CT molecular complexity index is 530. The molecule has 0 fully saturated rings. The lowest BCUT2D eigenvalue weighted by Crippen LogP contribution is -2.35. The summed E-state index contributed by atoms with van der Waals surface area (Å²) in [5.41, 5.74) is 0.535. The maximum Gasteiger partial charge on any atom is 0.307 e. The molecule has 0 aromatic carbocycles. The molecule has 0 radical (unpaired) electrons. The maximum atomic E-state index is 12.3. The average molecular weight is 275 g/mol. The number of aryl methyl sites for hydroxylation is 2. The minimum atomic E-state index is -3.72. The molecule has 1 rings (SSSR count).